The normalized spacial score (nSPS) is 11.1. The lowest BCUT2D eigenvalue weighted by Gasteiger charge is -2.08. The average Bonchev–Trinajstić information content (AvgIpc) is 2.41. The lowest BCUT2D eigenvalue weighted by molar-refractivity contribution is 0.0696. The minimum absolute atomic E-state index is 0.0326. The Kier molecular flexibility index (Phi) is 3.71. The highest BCUT2D eigenvalue weighted by atomic mass is 32.2. The van der Waals surface area contributed by atoms with E-state index in [2.05, 4.69) is 4.72 Å². The van der Waals surface area contributed by atoms with Crippen LogP contribution in [0.5, 0.6) is 0 Å². The molecule has 0 atom stereocenters. The van der Waals surface area contributed by atoms with E-state index in [1.807, 2.05) is 0 Å². The summed E-state index contributed by atoms with van der Waals surface area (Å²) in [6.07, 6.45) is 0. The zero-order valence-electron chi connectivity index (χ0n) is 10.1. The zero-order chi connectivity index (χ0) is 14.8. The smallest absolute Gasteiger partial charge is 0.335 e. The lowest BCUT2D eigenvalue weighted by Crippen LogP contribution is -2.14. The van der Waals surface area contributed by atoms with E-state index in [1.54, 1.807) is 0 Å². The monoisotopic (exact) mass is 295 g/mol. The molecule has 0 aromatic heterocycles. The molecule has 2 aromatic carbocycles. The maximum atomic E-state index is 13.4. The Morgan fingerprint density at radius 3 is 2.20 bits per heavy atom. The van der Waals surface area contributed by atoms with Crippen LogP contribution in [0.2, 0.25) is 0 Å². The highest BCUT2D eigenvalue weighted by molar-refractivity contribution is 7.92. The number of anilines is 1. The van der Waals surface area contributed by atoms with E-state index in [-0.39, 0.29) is 16.1 Å². The molecule has 7 heteroatoms. The quantitative estimate of drug-likeness (QED) is 0.906. The van der Waals surface area contributed by atoms with Crippen molar-refractivity contribution in [2.75, 3.05) is 4.72 Å². The molecule has 104 valence electrons. The summed E-state index contributed by atoms with van der Waals surface area (Å²) in [6, 6.07) is 9.98. The van der Waals surface area contributed by atoms with Gasteiger partial charge in [-0.1, -0.05) is 12.1 Å². The topological polar surface area (TPSA) is 83.5 Å². The predicted molar refractivity (Wildman–Crippen MR) is 70.6 cm³/mol. The van der Waals surface area contributed by atoms with Gasteiger partial charge in [-0.05, 0) is 36.4 Å². The summed E-state index contributed by atoms with van der Waals surface area (Å²) in [5.41, 5.74) is -0.204. The van der Waals surface area contributed by atoms with Crippen LogP contribution in [-0.2, 0) is 10.0 Å². The van der Waals surface area contributed by atoms with E-state index < -0.39 is 21.8 Å². The third-order valence-corrected chi connectivity index (χ3v) is 3.91. The van der Waals surface area contributed by atoms with Gasteiger partial charge in [0.2, 0.25) is 0 Å². The van der Waals surface area contributed by atoms with Crippen LogP contribution in [0.4, 0.5) is 10.1 Å². The number of para-hydroxylation sites is 1. The Morgan fingerprint density at radius 1 is 1.05 bits per heavy atom. The molecule has 0 aliphatic carbocycles. The molecule has 0 amide bonds. The van der Waals surface area contributed by atoms with Gasteiger partial charge in [-0.2, -0.15) is 0 Å². The molecular weight excluding hydrogens is 285 g/mol. The van der Waals surface area contributed by atoms with Gasteiger partial charge in [0.05, 0.1) is 16.1 Å². The van der Waals surface area contributed by atoms with E-state index in [0.29, 0.717) is 0 Å². The number of rotatable bonds is 4. The molecule has 0 saturated carbocycles. The number of benzene rings is 2. The van der Waals surface area contributed by atoms with Crippen LogP contribution in [0.25, 0.3) is 0 Å². The van der Waals surface area contributed by atoms with Gasteiger partial charge < -0.3 is 5.11 Å². The van der Waals surface area contributed by atoms with Gasteiger partial charge >= 0.3 is 5.97 Å². The molecule has 0 unspecified atom stereocenters. The SMILES string of the molecule is O=C(O)c1ccc(S(=O)(=O)Nc2ccccc2F)cc1. The number of hydrogen-bond acceptors (Lipinski definition) is 3. The molecule has 0 saturated heterocycles. The second-order valence-electron chi connectivity index (χ2n) is 3.91. The van der Waals surface area contributed by atoms with Gasteiger partial charge in [0, 0.05) is 0 Å². The van der Waals surface area contributed by atoms with Crippen LogP contribution < -0.4 is 4.72 Å². The second-order valence-corrected chi connectivity index (χ2v) is 5.60. The molecule has 0 fully saturated rings. The molecule has 0 radical (unpaired) electrons. The van der Waals surface area contributed by atoms with Crippen molar-refractivity contribution >= 4 is 21.7 Å². The summed E-state index contributed by atoms with van der Waals surface area (Å²) >= 11 is 0. The summed E-state index contributed by atoms with van der Waals surface area (Å²) in [5, 5.41) is 8.74. The van der Waals surface area contributed by atoms with E-state index in [1.165, 1.54) is 18.2 Å². The van der Waals surface area contributed by atoms with Crippen LogP contribution in [0.3, 0.4) is 0 Å². The summed E-state index contributed by atoms with van der Waals surface area (Å²) < 4.78 is 39.5. The van der Waals surface area contributed by atoms with Crippen molar-refractivity contribution in [2.24, 2.45) is 0 Å². The zero-order valence-corrected chi connectivity index (χ0v) is 10.9. The first-order valence-electron chi connectivity index (χ1n) is 5.51. The van der Waals surface area contributed by atoms with Gasteiger partial charge in [-0.15, -0.1) is 0 Å². The van der Waals surface area contributed by atoms with E-state index in [4.69, 9.17) is 5.11 Å². The van der Waals surface area contributed by atoms with E-state index in [9.17, 15) is 17.6 Å². The Labute approximate surface area is 114 Å². The van der Waals surface area contributed by atoms with Crippen LogP contribution in [0.1, 0.15) is 10.4 Å². The Morgan fingerprint density at radius 2 is 1.65 bits per heavy atom. The Hall–Kier alpha value is -2.41. The highest BCUT2D eigenvalue weighted by Gasteiger charge is 2.16. The molecule has 0 bridgehead atoms. The number of carboxylic acid groups (broad SMARTS) is 1. The number of nitrogens with one attached hydrogen (secondary N) is 1. The summed E-state index contributed by atoms with van der Waals surface area (Å²) in [4.78, 5) is 10.5. The summed E-state index contributed by atoms with van der Waals surface area (Å²) in [7, 11) is -3.96. The fourth-order valence-electron chi connectivity index (χ4n) is 1.52. The third-order valence-electron chi connectivity index (χ3n) is 2.53. The minimum atomic E-state index is -3.96. The van der Waals surface area contributed by atoms with Crippen molar-refractivity contribution in [1.82, 2.24) is 0 Å². The van der Waals surface area contributed by atoms with Crippen LogP contribution in [-0.4, -0.2) is 19.5 Å². The first-order valence-corrected chi connectivity index (χ1v) is 6.99. The molecular formula is C13H10FNO4S. The number of carboxylic acids is 1. The van der Waals surface area contributed by atoms with E-state index >= 15 is 0 Å². The number of sulfonamides is 1. The van der Waals surface area contributed by atoms with Crippen LogP contribution in [0, 0.1) is 5.82 Å². The highest BCUT2D eigenvalue weighted by Crippen LogP contribution is 2.19. The molecule has 0 heterocycles. The van der Waals surface area contributed by atoms with Crippen molar-refractivity contribution in [2.45, 2.75) is 4.90 Å². The molecule has 0 spiro atoms. The van der Waals surface area contributed by atoms with Crippen molar-refractivity contribution in [3.05, 3.63) is 59.9 Å². The maximum absolute atomic E-state index is 13.4. The van der Waals surface area contributed by atoms with Gasteiger partial charge in [0.25, 0.3) is 10.0 Å². The van der Waals surface area contributed by atoms with Crippen molar-refractivity contribution in [3.63, 3.8) is 0 Å². The Balaban J connectivity index is 2.31. The van der Waals surface area contributed by atoms with Gasteiger partial charge in [0.1, 0.15) is 5.82 Å². The first-order chi connectivity index (χ1) is 9.40. The van der Waals surface area contributed by atoms with Gasteiger partial charge in [0.15, 0.2) is 0 Å². The molecule has 5 nitrogen and oxygen atoms in total. The van der Waals surface area contributed by atoms with Gasteiger partial charge in [-0.3, -0.25) is 4.72 Å². The molecule has 2 rings (SSSR count). The van der Waals surface area contributed by atoms with E-state index in [0.717, 1.165) is 30.3 Å². The molecule has 20 heavy (non-hydrogen) atoms. The third kappa shape index (κ3) is 2.94. The van der Waals surface area contributed by atoms with Crippen LogP contribution in [0.15, 0.2) is 53.4 Å². The molecule has 2 aromatic rings. The van der Waals surface area contributed by atoms with Crippen molar-refractivity contribution in [1.29, 1.82) is 0 Å². The molecule has 0 aliphatic heterocycles. The van der Waals surface area contributed by atoms with Crippen molar-refractivity contribution in [3.8, 4) is 0 Å². The number of hydrogen-bond donors (Lipinski definition) is 2. The summed E-state index contributed by atoms with van der Waals surface area (Å²) in [5.74, 6) is -1.85. The van der Waals surface area contributed by atoms with Gasteiger partial charge in [-0.25, -0.2) is 17.6 Å². The second kappa shape index (κ2) is 5.30. The molecule has 2 N–H and O–H groups in total. The summed E-state index contributed by atoms with van der Waals surface area (Å²) in [6.45, 7) is 0. The Bertz CT molecular complexity index is 741. The standard InChI is InChI=1S/C13H10FNO4S/c14-11-3-1-2-4-12(11)15-20(18,19)10-7-5-9(6-8-10)13(16)17/h1-8,15H,(H,16,17). The minimum Gasteiger partial charge on any atom is -0.478 e. The maximum Gasteiger partial charge on any atom is 0.335 e. The fourth-order valence-corrected chi connectivity index (χ4v) is 2.59. The molecule has 0 aliphatic rings. The van der Waals surface area contributed by atoms with Crippen LogP contribution >= 0.6 is 0 Å². The number of carbonyl (C=O) groups is 1. The number of aromatic carboxylic acids is 1. The number of halogens is 1. The van der Waals surface area contributed by atoms with Crippen molar-refractivity contribution < 1.29 is 22.7 Å². The lowest BCUT2D eigenvalue weighted by atomic mass is 10.2. The average molecular weight is 295 g/mol. The fraction of sp³-hybridized carbons (Fsp3) is 0. The first kappa shape index (κ1) is 14.0. The predicted octanol–water partition coefficient (Wildman–Crippen LogP) is 2.32. The largest absolute Gasteiger partial charge is 0.478 e.